The molecule has 0 saturated carbocycles. The summed E-state index contributed by atoms with van der Waals surface area (Å²) in [4.78, 5) is 43.5. The number of ether oxygens (including phenoxy) is 1. The monoisotopic (exact) mass is 557 g/mol. The van der Waals surface area contributed by atoms with Gasteiger partial charge in [-0.3, -0.25) is 19.5 Å². The Bertz CT molecular complexity index is 1600. The van der Waals surface area contributed by atoms with Crippen molar-refractivity contribution in [1.82, 2.24) is 30.2 Å². The molecule has 3 aromatic heterocycles. The van der Waals surface area contributed by atoms with Crippen molar-refractivity contribution in [1.29, 1.82) is 0 Å². The van der Waals surface area contributed by atoms with Crippen molar-refractivity contribution in [3.63, 3.8) is 0 Å². The third-order valence-corrected chi connectivity index (χ3v) is 7.68. The maximum Gasteiger partial charge on any atom is 0.259 e. The molecule has 5 rings (SSSR count). The average molecular weight is 558 g/mol. The van der Waals surface area contributed by atoms with Gasteiger partial charge in [-0.25, -0.2) is 9.97 Å². The molecule has 1 amide bonds. The van der Waals surface area contributed by atoms with Gasteiger partial charge in [0.15, 0.2) is 0 Å². The van der Waals surface area contributed by atoms with E-state index in [0.717, 1.165) is 42.6 Å². The number of carbonyl (C=O) groups excluding carboxylic acids is 1. The van der Waals surface area contributed by atoms with E-state index >= 15 is 0 Å². The zero-order valence-corrected chi connectivity index (χ0v) is 23.5. The minimum absolute atomic E-state index is 0.0495. The smallest absolute Gasteiger partial charge is 0.259 e. The normalized spacial score (nSPS) is 15.0. The third-order valence-electron chi connectivity index (χ3n) is 7.68. The summed E-state index contributed by atoms with van der Waals surface area (Å²) in [5, 5.41) is 16.3. The van der Waals surface area contributed by atoms with Crippen molar-refractivity contribution in [2.75, 3.05) is 38.7 Å². The van der Waals surface area contributed by atoms with Crippen LogP contribution in [0.4, 0.5) is 11.5 Å². The molecule has 11 nitrogen and oxygen atoms in total. The highest BCUT2D eigenvalue weighted by atomic mass is 16.5. The third kappa shape index (κ3) is 6.21. The second kappa shape index (κ2) is 12.4. The highest BCUT2D eigenvalue weighted by molar-refractivity contribution is 5.95. The number of fused-ring (bicyclic) bond motifs is 1. The van der Waals surface area contributed by atoms with Crippen molar-refractivity contribution in [3.05, 3.63) is 70.4 Å². The van der Waals surface area contributed by atoms with E-state index in [9.17, 15) is 9.59 Å². The molecule has 0 aliphatic carbocycles. The summed E-state index contributed by atoms with van der Waals surface area (Å²) in [6.07, 6.45) is 6.66. The fourth-order valence-electron chi connectivity index (χ4n) is 5.44. The molecule has 0 bridgehead atoms. The molecule has 1 unspecified atom stereocenters. The zero-order valence-electron chi connectivity index (χ0n) is 23.5. The van der Waals surface area contributed by atoms with E-state index in [1.807, 2.05) is 25.1 Å². The number of aliphatic hydroxyl groups excluding tert-OH is 1. The second-order valence-electron chi connectivity index (χ2n) is 10.3. The van der Waals surface area contributed by atoms with Crippen LogP contribution in [0.15, 0.2) is 53.7 Å². The summed E-state index contributed by atoms with van der Waals surface area (Å²) >= 11 is 0. The van der Waals surface area contributed by atoms with Crippen LogP contribution in [-0.4, -0.2) is 75.2 Å². The Kier molecular flexibility index (Phi) is 8.55. The molecule has 214 valence electrons. The van der Waals surface area contributed by atoms with Crippen LogP contribution < -0.4 is 20.9 Å². The number of benzene rings is 1. The van der Waals surface area contributed by atoms with Crippen LogP contribution in [0.5, 0.6) is 5.88 Å². The Hall–Kier alpha value is -4.35. The van der Waals surface area contributed by atoms with E-state index in [1.165, 1.54) is 18.9 Å². The second-order valence-corrected chi connectivity index (χ2v) is 10.3. The van der Waals surface area contributed by atoms with Crippen LogP contribution in [0.1, 0.15) is 36.8 Å². The zero-order chi connectivity index (χ0) is 28.9. The molecular formula is C30H35N7O4. The summed E-state index contributed by atoms with van der Waals surface area (Å²) in [6, 6.07) is 9.66. The number of carbonyl (C=O) groups is 1. The molecule has 41 heavy (non-hydrogen) atoms. The number of hydrogen-bond donors (Lipinski definition) is 4. The molecule has 0 spiro atoms. The summed E-state index contributed by atoms with van der Waals surface area (Å²) in [7, 11) is 1.53. The number of pyridine rings is 2. The van der Waals surface area contributed by atoms with E-state index < -0.39 is 0 Å². The number of nitrogens with one attached hydrogen (secondary N) is 3. The summed E-state index contributed by atoms with van der Waals surface area (Å²) in [5.74, 6) is 1.15. The lowest BCUT2D eigenvalue weighted by Crippen LogP contribution is -2.48. The number of methoxy groups -OCH3 is 1. The van der Waals surface area contributed by atoms with Gasteiger partial charge in [0.05, 0.1) is 43.2 Å². The summed E-state index contributed by atoms with van der Waals surface area (Å²) in [6.45, 7) is 5.89. The Balaban J connectivity index is 1.36. The van der Waals surface area contributed by atoms with E-state index in [4.69, 9.17) is 14.8 Å². The van der Waals surface area contributed by atoms with Crippen molar-refractivity contribution in [2.45, 2.75) is 38.6 Å². The van der Waals surface area contributed by atoms with Crippen molar-refractivity contribution >= 4 is 28.2 Å². The van der Waals surface area contributed by atoms with Crippen LogP contribution in [-0.2, 0) is 4.79 Å². The Morgan fingerprint density at radius 2 is 1.98 bits per heavy atom. The number of anilines is 2. The molecule has 1 atom stereocenters. The van der Waals surface area contributed by atoms with Crippen LogP contribution >= 0.6 is 0 Å². The molecule has 1 aromatic carbocycles. The average Bonchev–Trinajstić information content (AvgIpc) is 2.99. The number of piperidine rings is 1. The van der Waals surface area contributed by atoms with Crippen molar-refractivity contribution < 1.29 is 14.6 Å². The van der Waals surface area contributed by atoms with Crippen LogP contribution in [0.3, 0.4) is 0 Å². The maximum absolute atomic E-state index is 12.8. The number of hydrogen-bond acceptors (Lipinski definition) is 9. The number of aromatic nitrogens is 4. The van der Waals surface area contributed by atoms with Gasteiger partial charge in [0.2, 0.25) is 11.8 Å². The molecule has 11 heteroatoms. The van der Waals surface area contributed by atoms with E-state index in [1.54, 1.807) is 12.4 Å². The number of likely N-dealkylation sites (tertiary alicyclic amines) is 1. The Morgan fingerprint density at radius 1 is 1.17 bits per heavy atom. The SMILES string of the molecule is COc1cncc(-c2cc3cc[nH]c(=O)c3c(Nc3ccc(C4CCN(C(C)C(=O)NCCO)CC4)c(C)c3)n2)n1. The predicted molar refractivity (Wildman–Crippen MR) is 158 cm³/mol. The lowest BCUT2D eigenvalue weighted by molar-refractivity contribution is -0.126. The van der Waals surface area contributed by atoms with Gasteiger partial charge in [0.25, 0.3) is 5.56 Å². The van der Waals surface area contributed by atoms with Gasteiger partial charge in [-0.05, 0) is 86.5 Å². The molecule has 1 fully saturated rings. The Labute approximate surface area is 238 Å². The first kappa shape index (κ1) is 28.2. The van der Waals surface area contributed by atoms with Crippen LogP contribution in [0.25, 0.3) is 22.2 Å². The number of aliphatic hydroxyl groups is 1. The van der Waals surface area contributed by atoms with Gasteiger partial charge in [-0.15, -0.1) is 0 Å². The molecule has 1 aliphatic rings. The topological polar surface area (TPSA) is 145 Å². The van der Waals surface area contributed by atoms with Gasteiger partial charge in [-0.2, -0.15) is 0 Å². The van der Waals surface area contributed by atoms with E-state index in [0.29, 0.717) is 34.4 Å². The van der Waals surface area contributed by atoms with Crippen LogP contribution in [0.2, 0.25) is 0 Å². The number of rotatable bonds is 9. The molecule has 4 N–H and O–H groups in total. The number of amides is 1. The fourth-order valence-corrected chi connectivity index (χ4v) is 5.44. The van der Waals surface area contributed by atoms with Gasteiger partial charge in [0, 0.05) is 18.4 Å². The maximum atomic E-state index is 12.8. The molecule has 4 aromatic rings. The number of aryl methyl sites for hydroxylation is 1. The first-order valence-corrected chi connectivity index (χ1v) is 13.8. The van der Waals surface area contributed by atoms with Crippen molar-refractivity contribution in [2.24, 2.45) is 0 Å². The fraction of sp³-hybridized carbons (Fsp3) is 0.367. The van der Waals surface area contributed by atoms with Gasteiger partial charge < -0.3 is 25.5 Å². The number of aromatic amines is 1. The van der Waals surface area contributed by atoms with E-state index in [-0.39, 0.29) is 30.7 Å². The molecule has 1 aliphatic heterocycles. The molecular weight excluding hydrogens is 522 g/mol. The summed E-state index contributed by atoms with van der Waals surface area (Å²) in [5.41, 5.74) is 4.12. The summed E-state index contributed by atoms with van der Waals surface area (Å²) < 4.78 is 5.22. The minimum atomic E-state index is -0.236. The minimum Gasteiger partial charge on any atom is -0.480 e. The number of nitrogens with zero attached hydrogens (tertiary/aromatic N) is 4. The first-order valence-electron chi connectivity index (χ1n) is 13.8. The van der Waals surface area contributed by atoms with Crippen molar-refractivity contribution in [3.8, 4) is 17.3 Å². The lowest BCUT2D eigenvalue weighted by Gasteiger charge is -2.36. The Morgan fingerprint density at radius 3 is 2.71 bits per heavy atom. The first-order chi connectivity index (χ1) is 19.9. The molecule has 0 radical (unpaired) electrons. The highest BCUT2D eigenvalue weighted by Gasteiger charge is 2.27. The van der Waals surface area contributed by atoms with Gasteiger partial charge in [-0.1, -0.05) is 6.07 Å². The van der Waals surface area contributed by atoms with Crippen LogP contribution in [0, 0.1) is 6.92 Å². The highest BCUT2D eigenvalue weighted by Crippen LogP contribution is 2.33. The van der Waals surface area contributed by atoms with Gasteiger partial charge >= 0.3 is 0 Å². The standard InChI is InChI=1S/C30H35N7O4/c1-18-14-22(4-5-23(18)20-7-11-37(12-8-20)19(2)29(39)33-10-13-38)34-28-27-21(6-9-32-30(27)40)15-24(36-28)25-16-31-17-26(35-25)41-3/h4-6,9,14-17,19-20,38H,7-8,10-13H2,1-3H3,(H,32,40)(H,33,39)(H,34,36). The van der Waals surface area contributed by atoms with Gasteiger partial charge in [0.1, 0.15) is 11.5 Å². The number of H-pyrrole nitrogens is 1. The molecule has 4 heterocycles. The predicted octanol–water partition coefficient (Wildman–Crippen LogP) is 3.12. The van der Waals surface area contributed by atoms with E-state index in [2.05, 4.69) is 49.5 Å². The quantitative estimate of drug-likeness (QED) is 0.244. The molecule has 1 saturated heterocycles. The lowest BCUT2D eigenvalue weighted by atomic mass is 9.86. The largest absolute Gasteiger partial charge is 0.480 e.